The van der Waals surface area contributed by atoms with Gasteiger partial charge in [-0.1, -0.05) is 6.07 Å². The van der Waals surface area contributed by atoms with Crippen molar-refractivity contribution in [1.82, 2.24) is 5.32 Å². The predicted molar refractivity (Wildman–Crippen MR) is 90.8 cm³/mol. The van der Waals surface area contributed by atoms with Crippen molar-refractivity contribution >= 4 is 40.4 Å². The van der Waals surface area contributed by atoms with E-state index in [0.717, 1.165) is 4.88 Å². The van der Waals surface area contributed by atoms with Gasteiger partial charge in [0.15, 0.2) is 0 Å². The van der Waals surface area contributed by atoms with Crippen LogP contribution in [-0.4, -0.2) is 24.3 Å². The normalized spacial score (nSPS) is 10.0. The summed E-state index contributed by atoms with van der Waals surface area (Å²) in [5.74, 6) is -0.802. The van der Waals surface area contributed by atoms with Crippen molar-refractivity contribution in [1.29, 1.82) is 0 Å². The number of rotatable bonds is 5. The second kappa shape index (κ2) is 7.55. The van der Waals surface area contributed by atoms with Gasteiger partial charge in [0.05, 0.1) is 11.4 Å². The van der Waals surface area contributed by atoms with Crippen LogP contribution in [0.4, 0.5) is 11.4 Å². The van der Waals surface area contributed by atoms with Crippen molar-refractivity contribution < 1.29 is 14.4 Å². The molecule has 3 N–H and O–H groups in total. The maximum Gasteiger partial charge on any atom is 0.261 e. The van der Waals surface area contributed by atoms with Crippen LogP contribution >= 0.6 is 11.3 Å². The maximum atomic E-state index is 11.9. The van der Waals surface area contributed by atoms with Gasteiger partial charge in [0, 0.05) is 23.2 Å². The van der Waals surface area contributed by atoms with Crippen molar-refractivity contribution in [3.63, 3.8) is 0 Å². The number of nitrogens with one attached hydrogen (secondary N) is 3. The molecule has 0 unspecified atom stereocenters. The first-order valence-corrected chi connectivity index (χ1v) is 7.78. The lowest BCUT2D eigenvalue weighted by molar-refractivity contribution is -0.115. The molecule has 6 nitrogen and oxygen atoms in total. The number of anilines is 2. The Balaban J connectivity index is 1.87. The minimum atomic E-state index is -0.341. The highest BCUT2D eigenvalue weighted by molar-refractivity contribution is 7.13. The Hall–Kier alpha value is -2.67. The van der Waals surface area contributed by atoms with E-state index in [-0.39, 0.29) is 24.3 Å². The summed E-state index contributed by atoms with van der Waals surface area (Å²) in [6.45, 7) is 3.20. The van der Waals surface area contributed by atoms with Gasteiger partial charge in [-0.15, -0.1) is 11.3 Å². The molecule has 1 heterocycles. The van der Waals surface area contributed by atoms with Crippen LogP contribution in [0.25, 0.3) is 0 Å². The number of thiophene rings is 1. The van der Waals surface area contributed by atoms with Gasteiger partial charge in [0.1, 0.15) is 0 Å². The van der Waals surface area contributed by atoms with Gasteiger partial charge in [-0.05, 0) is 37.3 Å². The number of carbonyl (C=O) groups is 3. The van der Waals surface area contributed by atoms with Crippen molar-refractivity contribution in [3.05, 3.63) is 46.2 Å². The molecule has 0 aliphatic heterocycles. The first kappa shape index (κ1) is 16.7. The molecule has 2 aromatic rings. The van der Waals surface area contributed by atoms with E-state index in [4.69, 9.17) is 0 Å². The highest BCUT2D eigenvalue weighted by Gasteiger charge is 2.10. The molecule has 7 heteroatoms. The smallest absolute Gasteiger partial charge is 0.261 e. The average molecular weight is 331 g/mol. The quantitative estimate of drug-likeness (QED) is 0.786. The Bertz CT molecular complexity index is 740. The lowest BCUT2D eigenvalue weighted by Crippen LogP contribution is -2.32. The Morgan fingerprint density at radius 3 is 2.35 bits per heavy atom. The van der Waals surface area contributed by atoms with E-state index in [0.29, 0.717) is 16.3 Å². The minimum Gasteiger partial charge on any atom is -0.342 e. The molecule has 0 atom stereocenters. The molecule has 1 aromatic carbocycles. The zero-order valence-electron chi connectivity index (χ0n) is 12.8. The van der Waals surface area contributed by atoms with Crippen molar-refractivity contribution in [2.45, 2.75) is 13.8 Å². The number of hydrogen-bond donors (Lipinski definition) is 3. The summed E-state index contributed by atoms with van der Waals surface area (Å²) in [6, 6.07) is 10.4. The van der Waals surface area contributed by atoms with E-state index in [1.165, 1.54) is 18.3 Å². The Kier molecular flexibility index (Phi) is 5.48. The largest absolute Gasteiger partial charge is 0.342 e. The fourth-order valence-corrected chi connectivity index (χ4v) is 2.67. The molecule has 2 rings (SSSR count). The summed E-state index contributed by atoms with van der Waals surface area (Å²) < 4.78 is 0. The Labute approximate surface area is 137 Å². The monoisotopic (exact) mass is 331 g/mol. The van der Waals surface area contributed by atoms with Crippen LogP contribution in [0.5, 0.6) is 0 Å². The number of amides is 3. The zero-order chi connectivity index (χ0) is 16.8. The number of aryl methyl sites for hydroxylation is 1. The van der Waals surface area contributed by atoms with Crippen LogP contribution in [-0.2, 0) is 9.59 Å². The second-order valence-electron chi connectivity index (χ2n) is 4.90. The van der Waals surface area contributed by atoms with Crippen LogP contribution in [0.15, 0.2) is 36.4 Å². The number of hydrogen-bond acceptors (Lipinski definition) is 4. The fraction of sp³-hybridized carbons (Fsp3) is 0.188. The van der Waals surface area contributed by atoms with Gasteiger partial charge in [-0.2, -0.15) is 0 Å². The number of carbonyl (C=O) groups excluding carboxylic acids is 3. The molecule has 1 aromatic heterocycles. The van der Waals surface area contributed by atoms with Gasteiger partial charge in [-0.25, -0.2) is 0 Å². The standard InChI is InChI=1S/C16H17N3O3S/c1-10-6-7-14(23-10)16(22)17-9-15(21)19-13-5-3-4-12(8-13)18-11(2)20/h3-8H,9H2,1-2H3,(H,17,22)(H,18,20)(H,19,21). The van der Waals surface area contributed by atoms with Gasteiger partial charge in [0.25, 0.3) is 5.91 Å². The second-order valence-corrected chi connectivity index (χ2v) is 6.19. The van der Waals surface area contributed by atoms with E-state index in [2.05, 4.69) is 16.0 Å². The molecular weight excluding hydrogens is 314 g/mol. The fourth-order valence-electron chi connectivity index (χ4n) is 1.89. The van der Waals surface area contributed by atoms with E-state index < -0.39 is 0 Å². The summed E-state index contributed by atoms with van der Waals surface area (Å²) in [7, 11) is 0. The molecule has 0 spiro atoms. The van der Waals surface area contributed by atoms with Gasteiger partial charge < -0.3 is 16.0 Å². The number of benzene rings is 1. The van der Waals surface area contributed by atoms with E-state index >= 15 is 0 Å². The molecule has 0 bridgehead atoms. The SMILES string of the molecule is CC(=O)Nc1cccc(NC(=O)CNC(=O)c2ccc(C)s2)c1. The molecule has 0 saturated heterocycles. The maximum absolute atomic E-state index is 11.9. The highest BCUT2D eigenvalue weighted by atomic mass is 32.1. The highest BCUT2D eigenvalue weighted by Crippen LogP contribution is 2.15. The van der Waals surface area contributed by atoms with E-state index in [1.54, 1.807) is 30.3 Å². The molecule has 0 fully saturated rings. The van der Waals surface area contributed by atoms with Crippen LogP contribution in [0.3, 0.4) is 0 Å². The molecule has 0 saturated carbocycles. The Morgan fingerprint density at radius 2 is 1.74 bits per heavy atom. The third kappa shape index (κ3) is 5.23. The van der Waals surface area contributed by atoms with Crippen LogP contribution in [0, 0.1) is 6.92 Å². The van der Waals surface area contributed by atoms with Crippen LogP contribution in [0.1, 0.15) is 21.5 Å². The summed E-state index contributed by atoms with van der Waals surface area (Å²) in [4.78, 5) is 36.4. The summed E-state index contributed by atoms with van der Waals surface area (Å²) in [5.41, 5.74) is 1.14. The molecule has 120 valence electrons. The van der Waals surface area contributed by atoms with Crippen LogP contribution < -0.4 is 16.0 Å². The van der Waals surface area contributed by atoms with Crippen molar-refractivity contribution in [3.8, 4) is 0 Å². The summed E-state index contributed by atoms with van der Waals surface area (Å²) >= 11 is 1.38. The Morgan fingerprint density at radius 1 is 1.04 bits per heavy atom. The minimum absolute atomic E-state index is 0.125. The third-order valence-electron chi connectivity index (χ3n) is 2.84. The van der Waals surface area contributed by atoms with Crippen molar-refractivity contribution in [2.75, 3.05) is 17.2 Å². The summed E-state index contributed by atoms with van der Waals surface area (Å²) in [6.07, 6.45) is 0. The topological polar surface area (TPSA) is 87.3 Å². The molecular formula is C16H17N3O3S. The van der Waals surface area contributed by atoms with E-state index in [1.807, 2.05) is 13.0 Å². The molecule has 0 aliphatic rings. The zero-order valence-corrected chi connectivity index (χ0v) is 13.6. The average Bonchev–Trinajstić information content (AvgIpc) is 2.91. The van der Waals surface area contributed by atoms with Gasteiger partial charge >= 0.3 is 0 Å². The van der Waals surface area contributed by atoms with Crippen LogP contribution in [0.2, 0.25) is 0 Å². The first-order valence-electron chi connectivity index (χ1n) is 6.96. The lowest BCUT2D eigenvalue weighted by atomic mass is 10.2. The predicted octanol–water partition coefficient (Wildman–Crippen LogP) is 2.38. The summed E-state index contributed by atoms with van der Waals surface area (Å²) in [5, 5.41) is 7.87. The first-order chi connectivity index (χ1) is 10.9. The third-order valence-corrected chi connectivity index (χ3v) is 3.84. The molecule has 3 amide bonds. The van der Waals surface area contributed by atoms with Gasteiger partial charge in [-0.3, -0.25) is 14.4 Å². The van der Waals surface area contributed by atoms with E-state index in [9.17, 15) is 14.4 Å². The lowest BCUT2D eigenvalue weighted by Gasteiger charge is -2.08. The molecule has 0 radical (unpaired) electrons. The molecule has 23 heavy (non-hydrogen) atoms. The van der Waals surface area contributed by atoms with Gasteiger partial charge in [0.2, 0.25) is 11.8 Å². The van der Waals surface area contributed by atoms with Crippen molar-refractivity contribution in [2.24, 2.45) is 0 Å². The molecule has 0 aliphatic carbocycles.